The number of aromatic nitrogens is 1. The minimum Gasteiger partial charge on any atom is -0.468 e. The summed E-state index contributed by atoms with van der Waals surface area (Å²) in [6, 6.07) is 0. The van der Waals surface area contributed by atoms with Crippen molar-refractivity contribution in [1.29, 1.82) is 0 Å². The molecule has 4 heteroatoms. The highest BCUT2D eigenvalue weighted by molar-refractivity contribution is 7.11. The van der Waals surface area contributed by atoms with Gasteiger partial charge in [0.25, 0.3) is 5.19 Å². The van der Waals surface area contributed by atoms with Crippen LogP contribution in [0.2, 0.25) is 0 Å². The van der Waals surface area contributed by atoms with E-state index in [0.29, 0.717) is 6.61 Å². The fourth-order valence-corrected chi connectivity index (χ4v) is 2.37. The summed E-state index contributed by atoms with van der Waals surface area (Å²) in [7, 11) is 0. The maximum atomic E-state index is 6.23. The van der Waals surface area contributed by atoms with Gasteiger partial charge in [-0.05, 0) is 12.8 Å². The monoisotopic (exact) mass is 212 g/mol. The molecular weight excluding hydrogens is 196 g/mol. The molecule has 0 aromatic carbocycles. The van der Waals surface area contributed by atoms with Gasteiger partial charge in [0.1, 0.15) is 6.61 Å². The van der Waals surface area contributed by atoms with Gasteiger partial charge < -0.3 is 10.5 Å². The summed E-state index contributed by atoms with van der Waals surface area (Å²) in [6.07, 6.45) is 7.70. The molecular formula is C10H16N2OS. The summed E-state index contributed by atoms with van der Waals surface area (Å²) in [5.41, 5.74) is 6.12. The van der Waals surface area contributed by atoms with Crippen LogP contribution in [0.4, 0.5) is 0 Å². The number of hydrogen-bond donors (Lipinski definition) is 1. The minimum atomic E-state index is -0.107. The standard InChI is InChI=1S/C10H16N2OS/c11-10(4-2-1-3-5-10)8-13-9-12-6-7-14-9/h6-7H,1-5,8,11H2. The zero-order chi connectivity index (χ0) is 9.86. The van der Waals surface area contributed by atoms with E-state index in [1.165, 1.54) is 30.6 Å². The van der Waals surface area contributed by atoms with Crippen molar-refractivity contribution in [2.75, 3.05) is 6.61 Å². The lowest BCUT2D eigenvalue weighted by molar-refractivity contribution is 0.173. The summed E-state index contributed by atoms with van der Waals surface area (Å²) in [5.74, 6) is 0. The zero-order valence-electron chi connectivity index (χ0n) is 8.24. The Morgan fingerprint density at radius 2 is 2.21 bits per heavy atom. The first-order valence-corrected chi connectivity index (χ1v) is 5.98. The van der Waals surface area contributed by atoms with E-state index >= 15 is 0 Å². The Morgan fingerprint density at radius 1 is 1.43 bits per heavy atom. The van der Waals surface area contributed by atoms with Crippen molar-refractivity contribution in [2.45, 2.75) is 37.6 Å². The van der Waals surface area contributed by atoms with Crippen molar-refractivity contribution >= 4 is 11.3 Å². The molecule has 14 heavy (non-hydrogen) atoms. The Morgan fingerprint density at radius 3 is 2.86 bits per heavy atom. The molecule has 0 atom stereocenters. The lowest BCUT2D eigenvalue weighted by Crippen LogP contribution is -2.47. The zero-order valence-corrected chi connectivity index (χ0v) is 9.05. The van der Waals surface area contributed by atoms with Crippen LogP contribution in [0.1, 0.15) is 32.1 Å². The predicted octanol–water partition coefficient (Wildman–Crippen LogP) is 2.18. The molecule has 1 heterocycles. The third-order valence-electron chi connectivity index (χ3n) is 2.74. The molecule has 2 N–H and O–H groups in total. The van der Waals surface area contributed by atoms with Crippen LogP contribution in [0.5, 0.6) is 5.19 Å². The molecule has 0 spiro atoms. The molecule has 1 aromatic heterocycles. The first-order valence-electron chi connectivity index (χ1n) is 5.10. The SMILES string of the molecule is NC1(COc2nccs2)CCCCC1. The average Bonchev–Trinajstić information content (AvgIpc) is 2.69. The quantitative estimate of drug-likeness (QED) is 0.835. The van der Waals surface area contributed by atoms with E-state index in [9.17, 15) is 0 Å². The van der Waals surface area contributed by atoms with E-state index in [1.54, 1.807) is 6.20 Å². The molecule has 0 aliphatic heterocycles. The fraction of sp³-hybridized carbons (Fsp3) is 0.700. The second-order valence-corrected chi connectivity index (χ2v) is 4.87. The number of nitrogens with zero attached hydrogens (tertiary/aromatic N) is 1. The highest BCUT2D eigenvalue weighted by Gasteiger charge is 2.28. The molecule has 1 fully saturated rings. The van der Waals surface area contributed by atoms with Gasteiger partial charge in [0.2, 0.25) is 0 Å². The van der Waals surface area contributed by atoms with E-state index in [1.807, 2.05) is 5.38 Å². The second-order valence-electron chi connectivity index (χ2n) is 4.01. The van der Waals surface area contributed by atoms with Crippen molar-refractivity contribution < 1.29 is 4.74 Å². The van der Waals surface area contributed by atoms with Crippen molar-refractivity contribution in [1.82, 2.24) is 4.98 Å². The number of nitrogens with two attached hydrogens (primary N) is 1. The number of rotatable bonds is 3. The van der Waals surface area contributed by atoms with Crippen LogP contribution in [-0.4, -0.2) is 17.1 Å². The third kappa shape index (κ3) is 2.45. The van der Waals surface area contributed by atoms with Crippen LogP contribution >= 0.6 is 11.3 Å². The van der Waals surface area contributed by atoms with Crippen LogP contribution in [0.3, 0.4) is 0 Å². The maximum Gasteiger partial charge on any atom is 0.273 e. The lowest BCUT2D eigenvalue weighted by atomic mass is 9.83. The predicted molar refractivity (Wildman–Crippen MR) is 57.6 cm³/mol. The van der Waals surface area contributed by atoms with E-state index < -0.39 is 0 Å². The van der Waals surface area contributed by atoms with Gasteiger partial charge in [0.15, 0.2) is 0 Å². The van der Waals surface area contributed by atoms with Gasteiger partial charge in [0.05, 0.1) is 5.54 Å². The fourth-order valence-electron chi connectivity index (χ4n) is 1.89. The molecule has 0 unspecified atom stereocenters. The second kappa shape index (κ2) is 4.28. The summed E-state index contributed by atoms with van der Waals surface area (Å²) in [4.78, 5) is 4.07. The molecule has 78 valence electrons. The average molecular weight is 212 g/mol. The molecule has 1 aliphatic rings. The Labute approximate surface area is 88.3 Å². The Balaban J connectivity index is 1.84. The Bertz CT molecular complexity index is 268. The van der Waals surface area contributed by atoms with Crippen molar-refractivity contribution in [3.63, 3.8) is 0 Å². The van der Waals surface area contributed by atoms with Gasteiger partial charge in [-0.3, -0.25) is 0 Å². The molecule has 0 bridgehead atoms. The van der Waals surface area contributed by atoms with Crippen LogP contribution in [0.15, 0.2) is 11.6 Å². The maximum absolute atomic E-state index is 6.23. The summed E-state index contributed by atoms with van der Waals surface area (Å²) >= 11 is 1.52. The van der Waals surface area contributed by atoms with Gasteiger partial charge in [-0.1, -0.05) is 30.6 Å². The summed E-state index contributed by atoms with van der Waals surface area (Å²) < 4.78 is 5.57. The van der Waals surface area contributed by atoms with Gasteiger partial charge in [-0.25, -0.2) is 4.98 Å². The van der Waals surface area contributed by atoms with Gasteiger partial charge in [-0.2, -0.15) is 0 Å². The first-order chi connectivity index (χ1) is 6.79. The van der Waals surface area contributed by atoms with Crippen LogP contribution in [0, 0.1) is 0 Å². The van der Waals surface area contributed by atoms with E-state index in [-0.39, 0.29) is 5.54 Å². The van der Waals surface area contributed by atoms with Crippen molar-refractivity contribution in [2.24, 2.45) is 5.73 Å². The van der Waals surface area contributed by atoms with Crippen LogP contribution < -0.4 is 10.5 Å². The molecule has 0 saturated heterocycles. The Hall–Kier alpha value is -0.610. The molecule has 2 rings (SSSR count). The number of hydrogen-bond acceptors (Lipinski definition) is 4. The van der Waals surface area contributed by atoms with Crippen LogP contribution in [-0.2, 0) is 0 Å². The van der Waals surface area contributed by atoms with Crippen LogP contribution in [0.25, 0.3) is 0 Å². The molecule has 0 radical (unpaired) electrons. The molecule has 1 aliphatic carbocycles. The minimum absolute atomic E-state index is 0.107. The van der Waals surface area contributed by atoms with Crippen molar-refractivity contribution in [3.8, 4) is 5.19 Å². The molecule has 0 amide bonds. The summed E-state index contributed by atoms with van der Waals surface area (Å²) in [6.45, 7) is 0.612. The van der Waals surface area contributed by atoms with Gasteiger partial charge in [-0.15, -0.1) is 0 Å². The van der Waals surface area contributed by atoms with E-state index in [0.717, 1.165) is 18.0 Å². The molecule has 1 saturated carbocycles. The number of ether oxygens (including phenoxy) is 1. The van der Waals surface area contributed by atoms with Gasteiger partial charge in [0, 0.05) is 11.6 Å². The smallest absolute Gasteiger partial charge is 0.273 e. The first kappa shape index (κ1) is 9.93. The Kier molecular flexibility index (Phi) is 3.03. The highest BCUT2D eigenvalue weighted by atomic mass is 32.1. The molecule has 3 nitrogen and oxygen atoms in total. The lowest BCUT2D eigenvalue weighted by Gasteiger charge is -2.32. The van der Waals surface area contributed by atoms with E-state index in [4.69, 9.17) is 10.5 Å². The summed E-state index contributed by atoms with van der Waals surface area (Å²) in [5, 5.41) is 2.65. The normalized spacial score (nSPS) is 20.6. The number of thiazole rings is 1. The van der Waals surface area contributed by atoms with Gasteiger partial charge >= 0.3 is 0 Å². The molecule has 1 aromatic rings. The highest BCUT2D eigenvalue weighted by Crippen LogP contribution is 2.27. The topological polar surface area (TPSA) is 48.1 Å². The van der Waals surface area contributed by atoms with Crippen molar-refractivity contribution in [3.05, 3.63) is 11.6 Å². The largest absolute Gasteiger partial charge is 0.468 e. The van der Waals surface area contributed by atoms with E-state index in [2.05, 4.69) is 4.98 Å². The third-order valence-corrected chi connectivity index (χ3v) is 3.42.